The molecule has 0 amide bonds. The highest BCUT2D eigenvalue weighted by molar-refractivity contribution is 7.90. The van der Waals surface area contributed by atoms with Gasteiger partial charge in [0.2, 0.25) is 20.0 Å². The van der Waals surface area contributed by atoms with Crippen LogP contribution in [0, 0.1) is 0 Å². The van der Waals surface area contributed by atoms with Crippen LogP contribution in [0.5, 0.6) is 5.75 Å². The van der Waals surface area contributed by atoms with E-state index in [-0.39, 0.29) is 48.6 Å². The summed E-state index contributed by atoms with van der Waals surface area (Å²) in [4.78, 5) is -0.740. The van der Waals surface area contributed by atoms with Gasteiger partial charge in [0, 0.05) is 0 Å². The van der Waals surface area contributed by atoms with Crippen LogP contribution in [0.3, 0.4) is 0 Å². The number of ether oxygens (including phenoxy) is 1. The molecular formula is C17H20ClN3O7S2. The van der Waals surface area contributed by atoms with Gasteiger partial charge in [-0.25, -0.2) is 22.0 Å². The van der Waals surface area contributed by atoms with Crippen molar-refractivity contribution in [2.45, 2.75) is 23.0 Å². The van der Waals surface area contributed by atoms with Crippen molar-refractivity contribution in [2.75, 3.05) is 25.1 Å². The third kappa shape index (κ3) is 4.70. The molecule has 0 saturated carbocycles. The Morgan fingerprint density at radius 2 is 1.77 bits per heavy atom. The predicted octanol–water partition coefficient (Wildman–Crippen LogP) is 0.425. The minimum Gasteiger partial charge on any atom is -0.492 e. The third-order valence-corrected chi connectivity index (χ3v) is 7.67. The molecule has 1 heterocycles. The number of aliphatic hydroxyl groups is 2. The fourth-order valence-corrected chi connectivity index (χ4v) is 5.64. The summed E-state index contributed by atoms with van der Waals surface area (Å²) in [5.41, 5.74) is 1.27. The molecule has 0 spiro atoms. The number of hydrogen-bond acceptors (Lipinski definition) is 8. The Hall–Kier alpha value is -1.93. The van der Waals surface area contributed by atoms with Crippen LogP contribution in [0.4, 0.5) is 5.69 Å². The van der Waals surface area contributed by atoms with E-state index in [1.54, 1.807) is 18.2 Å². The van der Waals surface area contributed by atoms with Crippen molar-refractivity contribution in [3.63, 3.8) is 0 Å². The molecule has 5 N–H and O–H groups in total. The van der Waals surface area contributed by atoms with Gasteiger partial charge in [-0.2, -0.15) is 4.31 Å². The molecule has 0 unspecified atom stereocenters. The molecule has 3 rings (SSSR count). The number of nitrogens with one attached hydrogen (secondary N) is 1. The molecule has 13 heteroatoms. The van der Waals surface area contributed by atoms with Gasteiger partial charge in [-0.3, -0.25) is 0 Å². The smallest absolute Gasteiger partial charge is 0.246 e. The molecule has 0 fully saturated rings. The van der Waals surface area contributed by atoms with Crippen molar-refractivity contribution >= 4 is 37.3 Å². The van der Waals surface area contributed by atoms with E-state index in [9.17, 15) is 27.0 Å². The molecule has 0 aliphatic carbocycles. The van der Waals surface area contributed by atoms with Crippen LogP contribution in [0.25, 0.3) is 0 Å². The summed E-state index contributed by atoms with van der Waals surface area (Å²) in [6, 6.07) is 6.92. The molecule has 0 atom stereocenters. The van der Waals surface area contributed by atoms with Crippen molar-refractivity contribution in [1.82, 2.24) is 4.31 Å². The quantitative estimate of drug-likeness (QED) is 0.446. The van der Waals surface area contributed by atoms with Crippen molar-refractivity contribution in [2.24, 2.45) is 5.14 Å². The largest absolute Gasteiger partial charge is 0.492 e. The molecule has 0 radical (unpaired) electrons. The molecule has 2 aromatic rings. The van der Waals surface area contributed by atoms with Crippen LogP contribution >= 0.6 is 11.6 Å². The number of fused-ring (bicyclic) bond motifs is 1. The summed E-state index contributed by atoms with van der Waals surface area (Å²) in [6.07, 6.45) is 0. The Balaban J connectivity index is 1.79. The van der Waals surface area contributed by atoms with Gasteiger partial charge in [-0.1, -0.05) is 17.7 Å². The van der Waals surface area contributed by atoms with Crippen LogP contribution in [-0.2, 0) is 33.3 Å². The number of aliphatic hydroxyl groups excluding tert-OH is 2. The van der Waals surface area contributed by atoms with Gasteiger partial charge >= 0.3 is 0 Å². The first kappa shape index (κ1) is 22.7. The Bertz CT molecular complexity index is 1150. The fourth-order valence-electron chi connectivity index (χ4n) is 2.96. The zero-order valence-corrected chi connectivity index (χ0v) is 18.0. The average molecular weight is 478 g/mol. The third-order valence-electron chi connectivity index (χ3n) is 4.40. The lowest BCUT2D eigenvalue weighted by molar-refractivity contribution is 0.263. The second kappa shape index (κ2) is 8.67. The Kier molecular flexibility index (Phi) is 6.57. The number of nitrogens with zero attached hydrogens (tertiary/aromatic N) is 1. The van der Waals surface area contributed by atoms with Gasteiger partial charge < -0.3 is 20.3 Å². The van der Waals surface area contributed by atoms with E-state index >= 15 is 0 Å². The summed E-state index contributed by atoms with van der Waals surface area (Å²) in [5.74, 6) is 0.372. The number of hydrogen-bond donors (Lipinski definition) is 4. The van der Waals surface area contributed by atoms with Crippen molar-refractivity contribution in [1.29, 1.82) is 0 Å². The van der Waals surface area contributed by atoms with E-state index in [4.69, 9.17) is 21.5 Å². The normalized spacial score (nSPS) is 16.0. The van der Waals surface area contributed by atoms with Gasteiger partial charge in [0.25, 0.3) is 0 Å². The minimum absolute atomic E-state index is 0.0222. The lowest BCUT2D eigenvalue weighted by Crippen LogP contribution is -2.42. The number of rotatable bonds is 7. The highest BCUT2D eigenvalue weighted by Gasteiger charge is 2.33. The maximum Gasteiger partial charge on any atom is 0.246 e. The maximum absolute atomic E-state index is 12.9. The first-order valence-corrected chi connectivity index (χ1v) is 12.0. The summed E-state index contributed by atoms with van der Waals surface area (Å²) in [6.45, 7) is -0.603. The average Bonchev–Trinajstić information content (AvgIpc) is 2.68. The second-order valence-electron chi connectivity index (χ2n) is 6.49. The Morgan fingerprint density at radius 1 is 1.13 bits per heavy atom. The van der Waals surface area contributed by atoms with Gasteiger partial charge in [0.05, 0.1) is 37.1 Å². The Morgan fingerprint density at radius 3 is 2.33 bits per heavy atom. The minimum atomic E-state index is -4.21. The van der Waals surface area contributed by atoms with E-state index < -0.39 is 24.9 Å². The van der Waals surface area contributed by atoms with Crippen LogP contribution in [0.1, 0.15) is 11.1 Å². The monoisotopic (exact) mass is 477 g/mol. The highest BCUT2D eigenvalue weighted by Crippen LogP contribution is 2.35. The number of anilines is 1. The lowest BCUT2D eigenvalue weighted by atomic mass is 10.1. The molecule has 1 aliphatic heterocycles. The molecule has 1 aliphatic rings. The summed E-state index contributed by atoms with van der Waals surface area (Å²) >= 11 is 5.91. The maximum atomic E-state index is 12.9. The number of nitrogens with two attached hydrogens (primary N) is 1. The van der Waals surface area contributed by atoms with Gasteiger partial charge in [-0.05, 0) is 35.4 Å². The first-order valence-electron chi connectivity index (χ1n) is 8.64. The first-order chi connectivity index (χ1) is 14.1. The molecule has 164 valence electrons. The number of benzene rings is 2. The molecule has 0 bridgehead atoms. The molecule has 0 saturated heterocycles. The van der Waals surface area contributed by atoms with Crippen LogP contribution < -0.4 is 15.2 Å². The van der Waals surface area contributed by atoms with Crippen LogP contribution in [0.2, 0.25) is 5.02 Å². The molecule has 2 aromatic carbocycles. The zero-order valence-electron chi connectivity index (χ0n) is 15.6. The van der Waals surface area contributed by atoms with E-state index in [0.717, 1.165) is 10.4 Å². The highest BCUT2D eigenvalue weighted by atomic mass is 35.5. The molecule has 30 heavy (non-hydrogen) atoms. The Labute approximate surface area is 178 Å². The molecular weight excluding hydrogens is 458 g/mol. The van der Waals surface area contributed by atoms with Gasteiger partial charge in [0.1, 0.15) is 22.1 Å². The van der Waals surface area contributed by atoms with Crippen molar-refractivity contribution in [3.05, 3.63) is 46.5 Å². The van der Waals surface area contributed by atoms with Crippen molar-refractivity contribution in [3.8, 4) is 5.75 Å². The number of halogens is 1. The van der Waals surface area contributed by atoms with Crippen LogP contribution in [-0.4, -0.2) is 51.2 Å². The van der Waals surface area contributed by atoms with Gasteiger partial charge in [-0.15, -0.1) is 0 Å². The second-order valence-corrected chi connectivity index (χ2v) is 10.3. The van der Waals surface area contributed by atoms with E-state index in [2.05, 4.69) is 5.32 Å². The standard InChI is InChI=1S/C17H20ClN3O7S2/c18-14-6-15-17(7-16(14)29(19,24)25)30(26,27)21(10-20-15)1-2-28-13-4-11(8-22)3-12(5-13)9-23/h3-7,20,22-23H,1-2,8-10H2,(H2,19,24,25). The van der Waals surface area contributed by atoms with E-state index in [1.165, 1.54) is 6.07 Å². The van der Waals surface area contributed by atoms with Crippen LogP contribution in [0.15, 0.2) is 40.1 Å². The summed E-state index contributed by atoms with van der Waals surface area (Å²) in [5, 5.41) is 26.4. The lowest BCUT2D eigenvalue weighted by Gasteiger charge is -2.29. The topological polar surface area (TPSA) is 159 Å². The van der Waals surface area contributed by atoms with E-state index in [0.29, 0.717) is 16.9 Å². The number of sulfonamides is 2. The van der Waals surface area contributed by atoms with Gasteiger partial charge in [0.15, 0.2) is 0 Å². The summed E-state index contributed by atoms with van der Waals surface area (Å²) < 4.78 is 55.9. The fraction of sp³-hybridized carbons (Fsp3) is 0.294. The van der Waals surface area contributed by atoms with Crippen molar-refractivity contribution < 1.29 is 31.8 Å². The molecule has 10 nitrogen and oxygen atoms in total. The predicted molar refractivity (Wildman–Crippen MR) is 109 cm³/mol. The zero-order chi connectivity index (χ0) is 22.1. The summed E-state index contributed by atoms with van der Waals surface area (Å²) in [7, 11) is -8.24. The SMILES string of the molecule is NS(=O)(=O)c1cc2c(cc1Cl)NCN(CCOc1cc(CO)cc(CO)c1)S2(=O)=O. The molecule has 0 aromatic heterocycles. The number of primary sulfonamides is 1. The van der Waals surface area contributed by atoms with E-state index in [1.807, 2.05) is 0 Å².